The molecule has 0 heterocycles. The number of benzene rings is 1. The molecule has 1 atom stereocenters. The molecule has 0 aliphatic heterocycles. The molecule has 1 aromatic carbocycles. The summed E-state index contributed by atoms with van der Waals surface area (Å²) in [5.74, 6) is -1.44. The van der Waals surface area contributed by atoms with Gasteiger partial charge in [0, 0.05) is 7.11 Å². The van der Waals surface area contributed by atoms with E-state index in [9.17, 15) is 13.9 Å². The number of rotatable bonds is 3. The number of hydrogen-bond donors (Lipinski definition) is 1. The molecule has 2 rings (SSSR count). The molecule has 0 bridgehead atoms. The first-order valence-electron chi connectivity index (χ1n) is 6.28. The predicted molar refractivity (Wildman–Crippen MR) is 64.1 cm³/mol. The Balaban J connectivity index is 2.36. The normalized spacial score (nSPS) is 20.7. The van der Waals surface area contributed by atoms with Gasteiger partial charge >= 0.3 is 0 Å². The van der Waals surface area contributed by atoms with Crippen molar-refractivity contribution in [2.45, 2.75) is 43.8 Å². The summed E-state index contributed by atoms with van der Waals surface area (Å²) in [4.78, 5) is 0. The van der Waals surface area contributed by atoms with Crippen molar-refractivity contribution in [1.82, 2.24) is 0 Å². The molecule has 4 heteroatoms. The molecule has 0 saturated heterocycles. The zero-order valence-corrected chi connectivity index (χ0v) is 10.5. The van der Waals surface area contributed by atoms with Crippen LogP contribution in [0.4, 0.5) is 8.78 Å². The summed E-state index contributed by atoms with van der Waals surface area (Å²) in [6, 6.07) is 3.61. The maximum Gasteiger partial charge on any atom is 0.132 e. The highest BCUT2D eigenvalue weighted by molar-refractivity contribution is 5.25. The van der Waals surface area contributed by atoms with Crippen LogP contribution in [0.1, 0.15) is 43.8 Å². The van der Waals surface area contributed by atoms with Crippen LogP contribution >= 0.6 is 0 Å². The van der Waals surface area contributed by atoms with Crippen LogP contribution in [0.2, 0.25) is 0 Å². The molecule has 0 amide bonds. The summed E-state index contributed by atoms with van der Waals surface area (Å²) in [6.45, 7) is 0. The molecule has 1 aliphatic rings. The van der Waals surface area contributed by atoms with Gasteiger partial charge in [0.2, 0.25) is 0 Å². The van der Waals surface area contributed by atoms with Crippen molar-refractivity contribution in [2.24, 2.45) is 0 Å². The van der Waals surface area contributed by atoms with Gasteiger partial charge < -0.3 is 9.84 Å². The number of hydrogen-bond acceptors (Lipinski definition) is 2. The van der Waals surface area contributed by atoms with Gasteiger partial charge in [0.1, 0.15) is 17.7 Å². The van der Waals surface area contributed by atoms with Crippen LogP contribution in [0.3, 0.4) is 0 Å². The van der Waals surface area contributed by atoms with Crippen LogP contribution in [-0.2, 0) is 4.74 Å². The third-order valence-electron chi connectivity index (χ3n) is 3.88. The van der Waals surface area contributed by atoms with Crippen molar-refractivity contribution in [2.75, 3.05) is 7.11 Å². The van der Waals surface area contributed by atoms with Crippen LogP contribution in [0, 0.1) is 11.6 Å². The molecule has 1 fully saturated rings. The minimum Gasteiger partial charge on any atom is -0.385 e. The molecule has 1 aliphatic carbocycles. The van der Waals surface area contributed by atoms with Crippen molar-refractivity contribution in [3.8, 4) is 0 Å². The highest BCUT2D eigenvalue weighted by Gasteiger charge is 2.42. The number of aliphatic hydroxyl groups excluding tert-OH is 1. The first-order chi connectivity index (χ1) is 8.60. The molecule has 2 nitrogen and oxygen atoms in total. The van der Waals surface area contributed by atoms with Crippen molar-refractivity contribution < 1.29 is 18.6 Å². The Morgan fingerprint density at radius 2 is 1.72 bits per heavy atom. The maximum absolute atomic E-state index is 13.7. The van der Waals surface area contributed by atoms with Gasteiger partial charge in [0.15, 0.2) is 0 Å². The first kappa shape index (κ1) is 13.4. The van der Waals surface area contributed by atoms with E-state index in [1.54, 1.807) is 0 Å². The molecule has 1 N–H and O–H groups in total. The van der Waals surface area contributed by atoms with Crippen molar-refractivity contribution in [3.05, 3.63) is 35.4 Å². The van der Waals surface area contributed by atoms with Gasteiger partial charge in [-0.1, -0.05) is 25.3 Å². The second-order valence-electron chi connectivity index (χ2n) is 4.87. The monoisotopic (exact) mass is 256 g/mol. The van der Waals surface area contributed by atoms with E-state index in [0.29, 0.717) is 12.8 Å². The quantitative estimate of drug-likeness (QED) is 0.898. The van der Waals surface area contributed by atoms with Crippen LogP contribution in [-0.4, -0.2) is 17.8 Å². The Bertz CT molecular complexity index is 394. The Kier molecular flexibility index (Phi) is 3.97. The summed E-state index contributed by atoms with van der Waals surface area (Å²) in [5, 5.41) is 10.4. The summed E-state index contributed by atoms with van der Waals surface area (Å²) in [7, 11) is 1.49. The van der Waals surface area contributed by atoms with Crippen LogP contribution in [0.15, 0.2) is 18.2 Å². The lowest BCUT2D eigenvalue weighted by molar-refractivity contribution is -0.127. The fourth-order valence-corrected chi connectivity index (χ4v) is 2.77. The molecular formula is C14H18F2O2. The molecule has 0 aromatic heterocycles. The SMILES string of the molecule is COC1(C(O)c2c(F)cccc2F)CCCCC1. The highest BCUT2D eigenvalue weighted by atomic mass is 19.1. The topological polar surface area (TPSA) is 29.5 Å². The molecule has 1 aromatic rings. The van der Waals surface area contributed by atoms with Gasteiger partial charge in [-0.2, -0.15) is 0 Å². The molecule has 1 unspecified atom stereocenters. The van der Waals surface area contributed by atoms with Crippen molar-refractivity contribution in [3.63, 3.8) is 0 Å². The number of aliphatic hydroxyl groups is 1. The lowest BCUT2D eigenvalue weighted by Gasteiger charge is -2.40. The number of methoxy groups -OCH3 is 1. The van der Waals surface area contributed by atoms with Gasteiger partial charge in [-0.05, 0) is 25.0 Å². The molecule has 1 saturated carbocycles. The molecular weight excluding hydrogens is 238 g/mol. The summed E-state index contributed by atoms with van der Waals surface area (Å²) < 4.78 is 32.8. The van der Waals surface area contributed by atoms with Gasteiger partial charge in [-0.25, -0.2) is 8.78 Å². The average Bonchev–Trinajstić information content (AvgIpc) is 2.39. The predicted octanol–water partition coefficient (Wildman–Crippen LogP) is 3.35. The van der Waals surface area contributed by atoms with E-state index < -0.39 is 23.3 Å². The minimum absolute atomic E-state index is 0.277. The van der Waals surface area contributed by atoms with E-state index in [4.69, 9.17) is 4.74 Å². The smallest absolute Gasteiger partial charge is 0.132 e. The zero-order valence-electron chi connectivity index (χ0n) is 10.5. The Labute approximate surface area is 106 Å². The van der Waals surface area contributed by atoms with Crippen LogP contribution in [0.5, 0.6) is 0 Å². The van der Waals surface area contributed by atoms with E-state index in [0.717, 1.165) is 31.4 Å². The average molecular weight is 256 g/mol. The van der Waals surface area contributed by atoms with E-state index >= 15 is 0 Å². The number of ether oxygens (including phenoxy) is 1. The highest BCUT2D eigenvalue weighted by Crippen LogP contribution is 2.42. The molecule has 0 radical (unpaired) electrons. The molecule has 100 valence electrons. The zero-order chi connectivity index (χ0) is 13.2. The summed E-state index contributed by atoms with van der Waals surface area (Å²) in [6.07, 6.45) is 2.86. The third kappa shape index (κ3) is 2.27. The second-order valence-corrected chi connectivity index (χ2v) is 4.87. The van der Waals surface area contributed by atoms with E-state index in [1.165, 1.54) is 13.2 Å². The lowest BCUT2D eigenvalue weighted by Crippen LogP contribution is -2.41. The van der Waals surface area contributed by atoms with E-state index in [2.05, 4.69) is 0 Å². The third-order valence-corrected chi connectivity index (χ3v) is 3.88. The Morgan fingerprint density at radius 3 is 2.22 bits per heavy atom. The summed E-state index contributed by atoms with van der Waals surface area (Å²) >= 11 is 0. The molecule has 18 heavy (non-hydrogen) atoms. The lowest BCUT2D eigenvalue weighted by atomic mass is 9.78. The fourth-order valence-electron chi connectivity index (χ4n) is 2.77. The van der Waals surface area contributed by atoms with Crippen molar-refractivity contribution in [1.29, 1.82) is 0 Å². The van der Waals surface area contributed by atoms with E-state index in [1.807, 2.05) is 0 Å². The minimum atomic E-state index is -1.26. The van der Waals surface area contributed by atoms with Crippen molar-refractivity contribution >= 4 is 0 Å². The fraction of sp³-hybridized carbons (Fsp3) is 0.571. The van der Waals surface area contributed by atoms with E-state index in [-0.39, 0.29) is 5.56 Å². The molecule has 0 spiro atoms. The van der Waals surface area contributed by atoms with Gasteiger partial charge in [0.05, 0.1) is 11.2 Å². The maximum atomic E-state index is 13.7. The van der Waals surface area contributed by atoms with Crippen LogP contribution < -0.4 is 0 Å². The Hall–Kier alpha value is -1.00. The van der Waals surface area contributed by atoms with Gasteiger partial charge in [-0.15, -0.1) is 0 Å². The first-order valence-corrected chi connectivity index (χ1v) is 6.28. The van der Waals surface area contributed by atoms with Crippen LogP contribution in [0.25, 0.3) is 0 Å². The Morgan fingerprint density at radius 1 is 1.17 bits per heavy atom. The standard InChI is InChI=1S/C14H18F2O2/c1-18-14(8-3-2-4-9-14)13(17)12-10(15)6-5-7-11(12)16/h5-7,13,17H,2-4,8-9H2,1H3. The number of halogens is 2. The summed E-state index contributed by atoms with van der Waals surface area (Å²) in [5.41, 5.74) is -1.14. The second kappa shape index (κ2) is 5.33. The van der Waals surface area contributed by atoms with Gasteiger partial charge in [-0.3, -0.25) is 0 Å². The largest absolute Gasteiger partial charge is 0.385 e. The van der Waals surface area contributed by atoms with Gasteiger partial charge in [0.25, 0.3) is 0 Å².